The Kier molecular flexibility index (Phi) is 6.87. The quantitative estimate of drug-likeness (QED) is 0.556. The molecule has 2 aromatic rings. The minimum absolute atomic E-state index is 0.0948. The number of nitrogens with zero attached hydrogens (tertiary/aromatic N) is 3. The first-order valence-corrected chi connectivity index (χ1v) is 10.9. The third kappa shape index (κ3) is 4.84. The van der Waals surface area contributed by atoms with Crippen LogP contribution in [0.25, 0.3) is 0 Å². The number of hydrogen-bond acceptors (Lipinski definition) is 6. The zero-order valence-electron chi connectivity index (χ0n) is 17.9. The number of ether oxygens (including phenoxy) is 1. The fourth-order valence-corrected chi connectivity index (χ4v) is 4.13. The summed E-state index contributed by atoms with van der Waals surface area (Å²) >= 11 is 6.33. The van der Waals surface area contributed by atoms with Crippen molar-refractivity contribution in [3.8, 4) is 0 Å². The summed E-state index contributed by atoms with van der Waals surface area (Å²) in [6.45, 7) is 2.94. The van der Waals surface area contributed by atoms with E-state index in [9.17, 15) is 9.59 Å². The van der Waals surface area contributed by atoms with Crippen LogP contribution in [0.5, 0.6) is 0 Å². The van der Waals surface area contributed by atoms with Crippen molar-refractivity contribution >= 4 is 34.9 Å². The molecule has 0 bridgehead atoms. The van der Waals surface area contributed by atoms with E-state index < -0.39 is 5.97 Å². The van der Waals surface area contributed by atoms with Crippen molar-refractivity contribution in [1.29, 1.82) is 0 Å². The summed E-state index contributed by atoms with van der Waals surface area (Å²) in [5.74, 6) is -0.758. The molecule has 2 aliphatic heterocycles. The predicted octanol–water partition coefficient (Wildman–Crippen LogP) is 3.36. The lowest BCUT2D eigenvalue weighted by Crippen LogP contribution is -2.31. The normalized spacial score (nSPS) is 19.4. The van der Waals surface area contributed by atoms with E-state index in [1.807, 2.05) is 18.2 Å². The molecule has 0 atom stereocenters. The molecule has 1 N–H and O–H groups in total. The van der Waals surface area contributed by atoms with Gasteiger partial charge in [-0.1, -0.05) is 54.1 Å². The minimum atomic E-state index is -0.453. The molecule has 32 heavy (non-hydrogen) atoms. The van der Waals surface area contributed by atoms with E-state index in [1.165, 1.54) is 17.7 Å². The van der Waals surface area contributed by atoms with Crippen molar-refractivity contribution in [2.24, 2.45) is 5.10 Å². The Bertz CT molecular complexity index is 1070. The molecule has 1 saturated heterocycles. The van der Waals surface area contributed by atoms with Gasteiger partial charge < -0.3 is 10.1 Å². The molecule has 166 valence electrons. The SMILES string of the molecule is COC(=O)CC1=NN(c2ccccc2Cl)C(=O)C1=C1CN(Cc2ccccc2)CCCN1. The van der Waals surface area contributed by atoms with E-state index in [1.54, 1.807) is 24.3 Å². The summed E-state index contributed by atoms with van der Waals surface area (Å²) in [5.41, 5.74) is 3.24. The molecule has 0 aromatic heterocycles. The second kappa shape index (κ2) is 9.97. The van der Waals surface area contributed by atoms with Gasteiger partial charge in [0.1, 0.15) is 0 Å². The number of amides is 1. The summed E-state index contributed by atoms with van der Waals surface area (Å²) in [4.78, 5) is 27.9. The van der Waals surface area contributed by atoms with Gasteiger partial charge in [-0.3, -0.25) is 14.5 Å². The number of hydrazone groups is 1. The lowest BCUT2D eigenvalue weighted by molar-refractivity contribution is -0.139. The summed E-state index contributed by atoms with van der Waals surface area (Å²) in [5, 5.41) is 9.57. The molecule has 2 aromatic carbocycles. The van der Waals surface area contributed by atoms with Gasteiger partial charge in [0.05, 0.1) is 35.5 Å². The Balaban J connectivity index is 1.69. The summed E-state index contributed by atoms with van der Waals surface area (Å²) in [7, 11) is 1.32. The highest BCUT2D eigenvalue weighted by Crippen LogP contribution is 2.32. The average molecular weight is 453 g/mol. The van der Waals surface area contributed by atoms with Crippen molar-refractivity contribution in [3.63, 3.8) is 0 Å². The van der Waals surface area contributed by atoms with Gasteiger partial charge in [-0.05, 0) is 24.1 Å². The number of para-hydroxylation sites is 1. The highest BCUT2D eigenvalue weighted by Gasteiger charge is 2.36. The number of benzene rings is 2. The van der Waals surface area contributed by atoms with Crippen LogP contribution >= 0.6 is 11.6 Å². The molecule has 0 aliphatic carbocycles. The first-order valence-electron chi connectivity index (χ1n) is 10.5. The zero-order valence-corrected chi connectivity index (χ0v) is 18.6. The second-order valence-electron chi connectivity index (χ2n) is 7.70. The Labute approximate surface area is 192 Å². The number of anilines is 1. The molecule has 1 amide bonds. The molecule has 8 heteroatoms. The molecule has 2 heterocycles. The number of nitrogens with one attached hydrogen (secondary N) is 1. The number of esters is 1. The number of rotatable bonds is 5. The maximum Gasteiger partial charge on any atom is 0.311 e. The van der Waals surface area contributed by atoms with E-state index in [-0.39, 0.29) is 12.3 Å². The fraction of sp³-hybridized carbons (Fsp3) is 0.292. The highest BCUT2D eigenvalue weighted by atomic mass is 35.5. The maximum atomic E-state index is 13.5. The van der Waals surface area contributed by atoms with E-state index in [0.29, 0.717) is 28.5 Å². The Morgan fingerprint density at radius 3 is 2.66 bits per heavy atom. The average Bonchev–Trinajstić information content (AvgIpc) is 2.96. The molecule has 0 saturated carbocycles. The molecule has 2 aliphatic rings. The third-order valence-electron chi connectivity index (χ3n) is 5.46. The number of carbonyl (C=O) groups is 2. The van der Waals surface area contributed by atoms with E-state index >= 15 is 0 Å². The Morgan fingerprint density at radius 2 is 1.91 bits per heavy atom. The summed E-state index contributed by atoms with van der Waals surface area (Å²) in [6, 6.07) is 17.2. The van der Waals surface area contributed by atoms with E-state index in [0.717, 1.165) is 31.8 Å². The van der Waals surface area contributed by atoms with Gasteiger partial charge in [0.2, 0.25) is 0 Å². The van der Waals surface area contributed by atoms with Crippen molar-refractivity contribution in [3.05, 3.63) is 76.5 Å². The lowest BCUT2D eigenvalue weighted by Gasteiger charge is -2.21. The number of carbonyl (C=O) groups excluding carboxylic acids is 2. The maximum absolute atomic E-state index is 13.5. The molecular weight excluding hydrogens is 428 g/mol. The predicted molar refractivity (Wildman–Crippen MR) is 124 cm³/mol. The van der Waals surface area contributed by atoms with Crippen LogP contribution in [0.2, 0.25) is 5.02 Å². The lowest BCUT2D eigenvalue weighted by atomic mass is 10.0. The van der Waals surface area contributed by atoms with Crippen LogP contribution in [-0.2, 0) is 20.9 Å². The zero-order chi connectivity index (χ0) is 22.5. The number of hydrogen-bond donors (Lipinski definition) is 1. The monoisotopic (exact) mass is 452 g/mol. The van der Waals surface area contributed by atoms with Crippen LogP contribution in [0.15, 0.2) is 71.0 Å². The number of halogens is 1. The highest BCUT2D eigenvalue weighted by molar-refractivity contribution is 6.37. The molecule has 0 spiro atoms. The Hall–Kier alpha value is -3.16. The van der Waals surface area contributed by atoms with Crippen molar-refractivity contribution < 1.29 is 14.3 Å². The largest absolute Gasteiger partial charge is 0.469 e. The summed E-state index contributed by atoms with van der Waals surface area (Å²) in [6.07, 6.45) is 0.845. The Morgan fingerprint density at radius 1 is 1.16 bits per heavy atom. The van der Waals surface area contributed by atoms with Crippen LogP contribution in [-0.4, -0.2) is 49.2 Å². The third-order valence-corrected chi connectivity index (χ3v) is 5.78. The van der Waals surface area contributed by atoms with Crippen LogP contribution < -0.4 is 10.3 Å². The molecule has 1 fully saturated rings. The molecule has 0 radical (unpaired) electrons. The van der Waals surface area contributed by atoms with Gasteiger partial charge in [-0.25, -0.2) is 0 Å². The topological polar surface area (TPSA) is 74.2 Å². The molecule has 7 nitrogen and oxygen atoms in total. The second-order valence-corrected chi connectivity index (χ2v) is 8.11. The first-order chi connectivity index (χ1) is 15.6. The van der Waals surface area contributed by atoms with Gasteiger partial charge in [0, 0.05) is 31.9 Å². The smallest absolute Gasteiger partial charge is 0.311 e. The van der Waals surface area contributed by atoms with Crippen LogP contribution in [0.3, 0.4) is 0 Å². The van der Waals surface area contributed by atoms with Crippen LogP contribution in [0.4, 0.5) is 5.69 Å². The van der Waals surface area contributed by atoms with Crippen molar-refractivity contribution in [1.82, 2.24) is 10.2 Å². The number of methoxy groups -OCH3 is 1. The van der Waals surface area contributed by atoms with Crippen molar-refractivity contribution in [2.45, 2.75) is 19.4 Å². The standard InChI is InChI=1S/C24H25ClN4O3/c1-32-22(30)14-19-23(24(31)29(27-19)21-11-6-5-10-18(21)25)20-16-28(13-7-12-26-20)15-17-8-3-2-4-9-17/h2-6,8-11,26H,7,12-16H2,1H3. The molecule has 4 rings (SSSR count). The first kappa shape index (κ1) is 22.0. The van der Waals surface area contributed by atoms with Gasteiger partial charge in [-0.15, -0.1) is 0 Å². The van der Waals surface area contributed by atoms with Gasteiger partial charge >= 0.3 is 5.97 Å². The van der Waals surface area contributed by atoms with Crippen LogP contribution in [0, 0.1) is 0 Å². The fourth-order valence-electron chi connectivity index (χ4n) is 3.91. The summed E-state index contributed by atoms with van der Waals surface area (Å²) < 4.78 is 4.84. The van der Waals surface area contributed by atoms with Gasteiger partial charge in [-0.2, -0.15) is 10.1 Å². The molecular formula is C24H25ClN4O3. The van der Waals surface area contributed by atoms with E-state index in [4.69, 9.17) is 16.3 Å². The minimum Gasteiger partial charge on any atom is -0.469 e. The molecule has 0 unspecified atom stereocenters. The van der Waals surface area contributed by atoms with Gasteiger partial charge in [0.25, 0.3) is 5.91 Å². The van der Waals surface area contributed by atoms with E-state index in [2.05, 4.69) is 27.5 Å². The van der Waals surface area contributed by atoms with Gasteiger partial charge in [0.15, 0.2) is 0 Å². The van der Waals surface area contributed by atoms with Crippen molar-refractivity contribution in [2.75, 3.05) is 31.8 Å². The van der Waals surface area contributed by atoms with Crippen LogP contribution in [0.1, 0.15) is 18.4 Å².